The van der Waals surface area contributed by atoms with E-state index in [0.29, 0.717) is 31.4 Å². The molecule has 1 aliphatic rings. The van der Waals surface area contributed by atoms with Crippen LogP contribution in [0.25, 0.3) is 10.9 Å². The molecule has 198 valence electrons. The Hall–Kier alpha value is -2.88. The van der Waals surface area contributed by atoms with Gasteiger partial charge in [0.05, 0.1) is 41.1 Å². The zero-order chi connectivity index (χ0) is 26.4. The number of aliphatic carboxylic acids is 1. The summed E-state index contributed by atoms with van der Waals surface area (Å²) in [6, 6.07) is 11.5. The Morgan fingerprint density at radius 2 is 2.00 bits per heavy atom. The maximum atomic E-state index is 12.5. The Morgan fingerprint density at radius 1 is 1.22 bits per heavy atom. The Morgan fingerprint density at radius 3 is 2.65 bits per heavy atom. The number of carboxylic acid groups (broad SMARTS) is 1. The minimum absolute atomic E-state index is 0.360. The summed E-state index contributed by atoms with van der Waals surface area (Å²) in [5.74, 6) is 0.840. The number of carboxylic acids is 1. The lowest BCUT2D eigenvalue weighted by atomic mass is 9.74. The van der Waals surface area contributed by atoms with Crippen LogP contribution in [0.3, 0.4) is 0 Å². The van der Waals surface area contributed by atoms with Gasteiger partial charge in [-0.3, -0.25) is 9.78 Å². The molecule has 0 unspecified atom stereocenters. The Kier molecular flexibility index (Phi) is 8.89. The molecule has 0 spiro atoms. The Bertz CT molecular complexity index is 1200. The fourth-order valence-corrected chi connectivity index (χ4v) is 5.93. The van der Waals surface area contributed by atoms with Crippen molar-refractivity contribution < 1.29 is 19.7 Å². The van der Waals surface area contributed by atoms with Crippen LogP contribution >= 0.6 is 11.8 Å². The molecule has 3 heterocycles. The van der Waals surface area contributed by atoms with E-state index in [4.69, 9.17) is 4.74 Å². The van der Waals surface area contributed by atoms with Crippen LogP contribution in [-0.2, 0) is 4.79 Å². The van der Waals surface area contributed by atoms with Crippen LogP contribution in [0, 0.1) is 5.41 Å². The van der Waals surface area contributed by atoms with E-state index in [9.17, 15) is 15.0 Å². The molecule has 2 aromatic heterocycles. The van der Waals surface area contributed by atoms with Crippen molar-refractivity contribution in [3.8, 4) is 5.75 Å². The highest BCUT2D eigenvalue weighted by Gasteiger charge is 2.41. The molecule has 0 amide bonds. The standard InChI is InChI=1S/C28H36N4O4S/c1-31(2)23-19-30-22-8-7-20(36-3)18-21(22)26(23)24(33)9-10-28(27(34)35)11-14-32(15-12-28)16-17-37-25-6-4-5-13-29-25/h4-8,13,18-19,24,33H,9-12,14-17H2,1-3H3,(H,34,35)/t24-/m1/s1. The first-order valence-corrected chi connectivity index (χ1v) is 13.6. The van der Waals surface area contributed by atoms with E-state index >= 15 is 0 Å². The number of nitrogens with zero attached hydrogens (tertiary/aromatic N) is 4. The summed E-state index contributed by atoms with van der Waals surface area (Å²) in [6.45, 7) is 2.38. The molecule has 9 heteroatoms. The highest BCUT2D eigenvalue weighted by atomic mass is 32.2. The number of thioether (sulfide) groups is 1. The largest absolute Gasteiger partial charge is 0.497 e. The minimum Gasteiger partial charge on any atom is -0.497 e. The maximum absolute atomic E-state index is 12.5. The predicted molar refractivity (Wildman–Crippen MR) is 148 cm³/mol. The lowest BCUT2D eigenvalue weighted by Gasteiger charge is -2.39. The van der Waals surface area contributed by atoms with Gasteiger partial charge >= 0.3 is 5.97 Å². The second kappa shape index (κ2) is 12.1. The number of carbonyl (C=O) groups is 1. The summed E-state index contributed by atoms with van der Waals surface area (Å²) in [7, 11) is 5.44. The number of ether oxygens (including phenoxy) is 1. The molecular weight excluding hydrogens is 488 g/mol. The molecular formula is C28H36N4O4S. The van der Waals surface area contributed by atoms with E-state index in [2.05, 4.69) is 14.9 Å². The quantitative estimate of drug-likeness (QED) is 0.352. The fraction of sp³-hybridized carbons (Fsp3) is 0.464. The Balaban J connectivity index is 1.43. The first-order valence-electron chi connectivity index (χ1n) is 12.6. The number of aliphatic hydroxyl groups excluding tert-OH is 1. The van der Waals surface area contributed by atoms with Crippen LogP contribution in [0.1, 0.15) is 37.4 Å². The van der Waals surface area contributed by atoms with Gasteiger partial charge in [0.15, 0.2) is 0 Å². The smallest absolute Gasteiger partial charge is 0.309 e. The number of likely N-dealkylation sites (tertiary alicyclic amines) is 1. The van der Waals surface area contributed by atoms with Gasteiger partial charge in [0.2, 0.25) is 0 Å². The molecule has 0 aliphatic carbocycles. The zero-order valence-electron chi connectivity index (χ0n) is 21.8. The van der Waals surface area contributed by atoms with Crippen molar-refractivity contribution >= 4 is 34.3 Å². The zero-order valence-corrected chi connectivity index (χ0v) is 22.6. The summed E-state index contributed by atoms with van der Waals surface area (Å²) >= 11 is 1.72. The number of hydrogen-bond acceptors (Lipinski definition) is 8. The molecule has 1 fully saturated rings. The van der Waals surface area contributed by atoms with Crippen molar-refractivity contribution in [2.24, 2.45) is 5.41 Å². The van der Waals surface area contributed by atoms with Crippen LogP contribution in [0.5, 0.6) is 5.75 Å². The van der Waals surface area contributed by atoms with Gasteiger partial charge in [-0.15, -0.1) is 11.8 Å². The van der Waals surface area contributed by atoms with Crippen LogP contribution < -0.4 is 9.64 Å². The van der Waals surface area contributed by atoms with Crippen LogP contribution in [0.15, 0.2) is 53.8 Å². The number of hydrogen-bond donors (Lipinski definition) is 2. The van der Waals surface area contributed by atoms with E-state index in [-0.39, 0.29) is 0 Å². The summed E-state index contributed by atoms with van der Waals surface area (Å²) in [5.41, 5.74) is 1.52. The molecule has 2 N–H and O–H groups in total. The van der Waals surface area contributed by atoms with Crippen LogP contribution in [-0.4, -0.2) is 77.6 Å². The summed E-state index contributed by atoms with van der Waals surface area (Å²) in [6.07, 6.45) is 4.68. The van der Waals surface area contributed by atoms with E-state index in [1.807, 2.05) is 55.4 Å². The van der Waals surface area contributed by atoms with E-state index in [0.717, 1.165) is 52.6 Å². The second-order valence-electron chi connectivity index (χ2n) is 9.83. The molecule has 4 rings (SSSR count). The number of anilines is 1. The van der Waals surface area contributed by atoms with Crippen LogP contribution in [0.2, 0.25) is 0 Å². The third-order valence-corrected chi connectivity index (χ3v) is 8.29. The number of rotatable bonds is 11. The second-order valence-corrected chi connectivity index (χ2v) is 10.9. The Labute approximate surface area is 222 Å². The number of benzene rings is 1. The molecule has 8 nitrogen and oxygen atoms in total. The van der Waals surface area contributed by atoms with Crippen molar-refractivity contribution in [3.63, 3.8) is 0 Å². The number of piperidine rings is 1. The van der Waals surface area contributed by atoms with Crippen molar-refractivity contribution in [3.05, 3.63) is 54.4 Å². The first-order chi connectivity index (χ1) is 17.8. The van der Waals surface area contributed by atoms with E-state index < -0.39 is 17.5 Å². The monoisotopic (exact) mass is 524 g/mol. The van der Waals surface area contributed by atoms with E-state index in [1.54, 1.807) is 31.3 Å². The molecule has 1 saturated heterocycles. The number of aliphatic hydroxyl groups is 1. The SMILES string of the molecule is COc1ccc2ncc(N(C)C)c([C@H](O)CCC3(C(=O)O)CCN(CCSc4ccccn4)CC3)c2c1. The van der Waals surface area contributed by atoms with Gasteiger partial charge < -0.3 is 24.7 Å². The molecule has 1 aliphatic heterocycles. The van der Waals surface area contributed by atoms with Gasteiger partial charge in [-0.25, -0.2) is 4.98 Å². The molecule has 3 aromatic rings. The minimum atomic E-state index is -0.829. The highest BCUT2D eigenvalue weighted by Crippen LogP contribution is 2.41. The number of fused-ring (bicyclic) bond motifs is 1. The normalized spacial score (nSPS) is 16.4. The fourth-order valence-electron chi connectivity index (χ4n) is 5.06. The molecule has 0 saturated carbocycles. The summed E-state index contributed by atoms with van der Waals surface area (Å²) in [5, 5.41) is 23.5. The van der Waals surface area contributed by atoms with E-state index in [1.165, 1.54) is 0 Å². The van der Waals surface area contributed by atoms with Gasteiger partial charge in [-0.2, -0.15) is 0 Å². The van der Waals surface area contributed by atoms with Crippen molar-refractivity contribution in [1.29, 1.82) is 0 Å². The van der Waals surface area contributed by atoms with Gasteiger partial charge in [-0.05, 0) is 69.1 Å². The summed E-state index contributed by atoms with van der Waals surface area (Å²) in [4.78, 5) is 25.6. The first kappa shape index (κ1) is 27.2. The number of methoxy groups -OCH3 is 1. The number of aromatic nitrogens is 2. The van der Waals surface area contributed by atoms with Gasteiger partial charge in [0.25, 0.3) is 0 Å². The lowest BCUT2D eigenvalue weighted by Crippen LogP contribution is -2.45. The van der Waals surface area contributed by atoms with Crippen molar-refractivity contribution in [1.82, 2.24) is 14.9 Å². The topological polar surface area (TPSA) is 99.0 Å². The van der Waals surface area contributed by atoms with Gasteiger partial charge in [-0.1, -0.05) is 6.07 Å². The maximum Gasteiger partial charge on any atom is 0.309 e. The van der Waals surface area contributed by atoms with Gasteiger partial charge in [0.1, 0.15) is 5.75 Å². The lowest BCUT2D eigenvalue weighted by molar-refractivity contribution is -0.153. The molecule has 0 bridgehead atoms. The summed E-state index contributed by atoms with van der Waals surface area (Å²) < 4.78 is 5.41. The average Bonchev–Trinajstić information content (AvgIpc) is 2.91. The molecule has 1 aromatic carbocycles. The van der Waals surface area contributed by atoms with Crippen molar-refractivity contribution in [2.75, 3.05) is 51.5 Å². The van der Waals surface area contributed by atoms with Gasteiger partial charge in [0, 0.05) is 43.5 Å². The molecule has 0 radical (unpaired) electrons. The molecule has 1 atom stereocenters. The third-order valence-electron chi connectivity index (χ3n) is 7.37. The predicted octanol–water partition coefficient (Wildman–Crippen LogP) is 4.48. The third kappa shape index (κ3) is 6.34. The average molecular weight is 525 g/mol. The number of pyridine rings is 2. The highest BCUT2D eigenvalue weighted by molar-refractivity contribution is 7.99. The van der Waals surface area contributed by atoms with Crippen molar-refractivity contribution in [2.45, 2.75) is 36.8 Å². The molecule has 37 heavy (non-hydrogen) atoms. The van der Waals surface area contributed by atoms with Crippen LogP contribution in [0.4, 0.5) is 5.69 Å².